The summed E-state index contributed by atoms with van der Waals surface area (Å²) >= 11 is 7.55. The van der Waals surface area contributed by atoms with Crippen LogP contribution in [-0.2, 0) is 19.5 Å². The zero-order chi connectivity index (χ0) is 12.8. The van der Waals surface area contributed by atoms with Crippen molar-refractivity contribution in [1.82, 2.24) is 15.1 Å². The van der Waals surface area contributed by atoms with Gasteiger partial charge in [-0.15, -0.1) is 11.3 Å². The molecular weight excluding hydrogens is 266 g/mol. The number of thiophene rings is 1. The number of nitrogens with one attached hydrogen (secondary N) is 1. The Morgan fingerprint density at radius 1 is 1.39 bits per heavy atom. The summed E-state index contributed by atoms with van der Waals surface area (Å²) in [7, 11) is 0. The molecule has 0 aliphatic heterocycles. The topological polar surface area (TPSA) is 29.9 Å². The van der Waals surface area contributed by atoms with Gasteiger partial charge in [0.1, 0.15) is 0 Å². The van der Waals surface area contributed by atoms with E-state index in [0.29, 0.717) is 0 Å². The number of aryl methyl sites for hydroxylation is 1. The molecule has 0 saturated carbocycles. The van der Waals surface area contributed by atoms with E-state index in [4.69, 9.17) is 11.6 Å². The Morgan fingerprint density at radius 2 is 2.28 bits per heavy atom. The fraction of sp³-hybridized carbons (Fsp3) is 0.462. The second kappa shape index (κ2) is 6.92. The average molecular weight is 284 g/mol. The first-order valence-electron chi connectivity index (χ1n) is 6.25. The highest BCUT2D eigenvalue weighted by Gasteiger charge is 2.01. The molecule has 2 aromatic rings. The first-order valence-corrected chi connectivity index (χ1v) is 7.44. The van der Waals surface area contributed by atoms with Crippen LogP contribution in [0.2, 0.25) is 4.34 Å². The van der Waals surface area contributed by atoms with Gasteiger partial charge < -0.3 is 5.32 Å². The van der Waals surface area contributed by atoms with Gasteiger partial charge in [0, 0.05) is 30.7 Å². The Bertz CT molecular complexity index is 478. The highest BCUT2D eigenvalue weighted by Crippen LogP contribution is 2.21. The Kier molecular flexibility index (Phi) is 5.23. The lowest BCUT2D eigenvalue weighted by Gasteiger charge is -2.07. The molecule has 0 unspecified atom stereocenters. The number of aromatic nitrogens is 2. The first-order chi connectivity index (χ1) is 8.79. The Hall–Kier alpha value is -0.840. The van der Waals surface area contributed by atoms with Crippen molar-refractivity contribution in [2.45, 2.75) is 32.9 Å². The van der Waals surface area contributed by atoms with E-state index < -0.39 is 0 Å². The molecule has 5 heteroatoms. The number of hydrogen-bond donors (Lipinski definition) is 1. The maximum Gasteiger partial charge on any atom is 0.0931 e. The van der Waals surface area contributed by atoms with Gasteiger partial charge in [0.2, 0.25) is 0 Å². The third kappa shape index (κ3) is 3.83. The number of nitrogens with zero attached hydrogens (tertiary/aromatic N) is 2. The molecule has 0 saturated heterocycles. The molecule has 0 fully saturated rings. The zero-order valence-corrected chi connectivity index (χ0v) is 12.1. The first kappa shape index (κ1) is 13.6. The number of hydrogen-bond acceptors (Lipinski definition) is 3. The smallest absolute Gasteiger partial charge is 0.0931 e. The normalized spacial score (nSPS) is 11.0. The fourth-order valence-corrected chi connectivity index (χ4v) is 2.92. The molecule has 0 atom stereocenters. The number of rotatable bonds is 7. The SMILES string of the molecule is CCCn1nccc1CNCCc1ccc(Cl)s1. The maximum absolute atomic E-state index is 5.90. The van der Waals surface area contributed by atoms with Crippen LogP contribution in [0.5, 0.6) is 0 Å². The lowest BCUT2D eigenvalue weighted by Crippen LogP contribution is -2.19. The molecule has 0 spiro atoms. The van der Waals surface area contributed by atoms with Gasteiger partial charge in [-0.2, -0.15) is 5.10 Å². The molecule has 0 amide bonds. The Labute approximate surface area is 117 Å². The van der Waals surface area contributed by atoms with Crippen LogP contribution in [0.1, 0.15) is 23.9 Å². The van der Waals surface area contributed by atoms with Crippen molar-refractivity contribution in [3.63, 3.8) is 0 Å². The minimum absolute atomic E-state index is 0.867. The van der Waals surface area contributed by atoms with Crippen molar-refractivity contribution in [2.24, 2.45) is 0 Å². The lowest BCUT2D eigenvalue weighted by atomic mass is 10.3. The van der Waals surface area contributed by atoms with E-state index in [1.165, 1.54) is 10.6 Å². The molecule has 2 rings (SSSR count). The second-order valence-corrected chi connectivity index (χ2v) is 5.98. The second-order valence-electron chi connectivity index (χ2n) is 4.18. The van der Waals surface area contributed by atoms with E-state index in [9.17, 15) is 0 Å². The predicted octanol–water partition coefficient (Wildman–Crippen LogP) is 3.34. The molecule has 2 aromatic heterocycles. The van der Waals surface area contributed by atoms with Gasteiger partial charge in [0.05, 0.1) is 10.0 Å². The summed E-state index contributed by atoms with van der Waals surface area (Å²) < 4.78 is 2.93. The van der Waals surface area contributed by atoms with Gasteiger partial charge in [-0.05, 0) is 31.0 Å². The van der Waals surface area contributed by atoms with Gasteiger partial charge >= 0.3 is 0 Å². The van der Waals surface area contributed by atoms with E-state index in [2.05, 4.69) is 34.2 Å². The number of halogens is 1. The maximum atomic E-state index is 5.90. The minimum Gasteiger partial charge on any atom is -0.311 e. The van der Waals surface area contributed by atoms with Crippen LogP contribution < -0.4 is 5.32 Å². The van der Waals surface area contributed by atoms with Crippen molar-refractivity contribution in [2.75, 3.05) is 6.54 Å². The van der Waals surface area contributed by atoms with Crippen molar-refractivity contribution in [3.05, 3.63) is 39.3 Å². The summed E-state index contributed by atoms with van der Waals surface area (Å²) in [5.41, 5.74) is 1.25. The van der Waals surface area contributed by atoms with Gasteiger partial charge in [0.15, 0.2) is 0 Å². The summed E-state index contributed by atoms with van der Waals surface area (Å²) in [5, 5.41) is 7.75. The largest absolute Gasteiger partial charge is 0.311 e. The highest BCUT2D eigenvalue weighted by molar-refractivity contribution is 7.16. The third-order valence-electron chi connectivity index (χ3n) is 2.72. The van der Waals surface area contributed by atoms with Crippen molar-refractivity contribution in [1.29, 1.82) is 0 Å². The van der Waals surface area contributed by atoms with Crippen molar-refractivity contribution < 1.29 is 0 Å². The molecule has 0 bridgehead atoms. The van der Waals surface area contributed by atoms with Crippen LogP contribution in [0.4, 0.5) is 0 Å². The molecule has 2 heterocycles. The van der Waals surface area contributed by atoms with E-state index in [0.717, 1.165) is 36.8 Å². The van der Waals surface area contributed by atoms with Gasteiger partial charge in [0.25, 0.3) is 0 Å². The van der Waals surface area contributed by atoms with Crippen LogP contribution in [0.3, 0.4) is 0 Å². The zero-order valence-electron chi connectivity index (χ0n) is 10.5. The molecule has 0 aliphatic rings. The van der Waals surface area contributed by atoms with Gasteiger partial charge in [-0.1, -0.05) is 18.5 Å². The molecule has 0 aromatic carbocycles. The molecule has 0 radical (unpaired) electrons. The van der Waals surface area contributed by atoms with Crippen LogP contribution >= 0.6 is 22.9 Å². The lowest BCUT2D eigenvalue weighted by molar-refractivity contribution is 0.550. The van der Waals surface area contributed by atoms with Crippen LogP contribution in [0.25, 0.3) is 0 Å². The molecule has 98 valence electrons. The quantitative estimate of drug-likeness (QED) is 0.790. The predicted molar refractivity (Wildman–Crippen MR) is 77.3 cm³/mol. The monoisotopic (exact) mass is 283 g/mol. The van der Waals surface area contributed by atoms with Crippen molar-refractivity contribution >= 4 is 22.9 Å². The van der Waals surface area contributed by atoms with E-state index in [-0.39, 0.29) is 0 Å². The summed E-state index contributed by atoms with van der Waals surface area (Å²) in [6.07, 6.45) is 4.01. The Morgan fingerprint density at radius 3 is 3.00 bits per heavy atom. The summed E-state index contributed by atoms with van der Waals surface area (Å²) in [5.74, 6) is 0. The summed E-state index contributed by atoms with van der Waals surface area (Å²) in [4.78, 5) is 1.33. The van der Waals surface area contributed by atoms with E-state index in [1.807, 2.05) is 12.3 Å². The molecule has 18 heavy (non-hydrogen) atoms. The molecule has 3 nitrogen and oxygen atoms in total. The minimum atomic E-state index is 0.867. The standard InChI is InChI=1S/C13H18ClN3S/c1-2-9-17-11(5-8-16-17)10-15-7-6-12-3-4-13(14)18-12/h3-5,8,15H,2,6-7,9-10H2,1H3. The van der Waals surface area contributed by atoms with Crippen LogP contribution in [0.15, 0.2) is 24.4 Å². The summed E-state index contributed by atoms with van der Waals surface area (Å²) in [6.45, 7) is 5.00. The van der Waals surface area contributed by atoms with Crippen molar-refractivity contribution in [3.8, 4) is 0 Å². The van der Waals surface area contributed by atoms with E-state index >= 15 is 0 Å². The van der Waals surface area contributed by atoms with Crippen LogP contribution in [-0.4, -0.2) is 16.3 Å². The fourth-order valence-electron chi connectivity index (χ4n) is 1.84. The molecule has 0 aliphatic carbocycles. The van der Waals surface area contributed by atoms with Gasteiger partial charge in [-0.25, -0.2) is 0 Å². The molecular formula is C13H18ClN3S. The Balaban J connectivity index is 1.73. The third-order valence-corrected chi connectivity index (χ3v) is 4.01. The van der Waals surface area contributed by atoms with Gasteiger partial charge in [-0.3, -0.25) is 4.68 Å². The summed E-state index contributed by atoms with van der Waals surface area (Å²) in [6, 6.07) is 6.12. The van der Waals surface area contributed by atoms with Crippen LogP contribution in [0, 0.1) is 0 Å². The van der Waals surface area contributed by atoms with E-state index in [1.54, 1.807) is 11.3 Å². The highest BCUT2D eigenvalue weighted by atomic mass is 35.5. The molecule has 1 N–H and O–H groups in total. The average Bonchev–Trinajstić information content (AvgIpc) is 2.95.